The Morgan fingerprint density at radius 2 is 2.00 bits per heavy atom. The van der Waals surface area contributed by atoms with Crippen molar-refractivity contribution in [3.05, 3.63) is 16.4 Å². The lowest BCUT2D eigenvalue weighted by molar-refractivity contribution is -0.388. The lowest BCUT2D eigenvalue weighted by atomic mass is 10.0. The van der Waals surface area contributed by atoms with Gasteiger partial charge in [-0.25, -0.2) is 0 Å². The van der Waals surface area contributed by atoms with Crippen LogP contribution in [0.1, 0.15) is 27.7 Å². The molecule has 0 aromatic carbocycles. The molecule has 1 heterocycles. The molecule has 0 aliphatic heterocycles. The monoisotopic (exact) mass is 252 g/mol. The smallest absolute Gasteiger partial charge is 0.364 e. The number of nitrogens with one attached hydrogen (secondary N) is 1. The van der Waals surface area contributed by atoms with E-state index in [2.05, 4.69) is 38.0 Å². The molecule has 6 nitrogen and oxygen atoms in total. The number of hydrogen-bond acceptors (Lipinski definition) is 4. The second-order valence-corrected chi connectivity index (χ2v) is 6.16. The zero-order chi connectivity index (χ0) is 13.7. The van der Waals surface area contributed by atoms with Crippen LogP contribution in [0.15, 0.2) is 6.33 Å². The lowest BCUT2D eigenvalue weighted by Gasteiger charge is -2.07. The van der Waals surface area contributed by atoms with E-state index in [1.807, 2.05) is 0 Å². The van der Waals surface area contributed by atoms with E-state index in [0.29, 0.717) is 11.7 Å². The van der Waals surface area contributed by atoms with Crippen LogP contribution in [0.2, 0.25) is 0 Å². The summed E-state index contributed by atoms with van der Waals surface area (Å²) in [7, 11) is 1.76. The Labute approximate surface area is 107 Å². The molecule has 1 aromatic heterocycles. The predicted octanol–water partition coefficient (Wildman–Crippen LogP) is 2.42. The maximum Gasteiger partial charge on any atom is 0.406 e. The molecule has 0 saturated heterocycles. The summed E-state index contributed by atoms with van der Waals surface area (Å²) in [6.45, 7) is 9.67. The standard InChI is InChI=1S/C12H20N4O2/c1-11(2)8(12(11,3)4)6-13-9-10(16(17)18)14-7-15(9)5/h7-8,13H,6H2,1-5H3. The Bertz CT molecular complexity index is 476. The first-order valence-corrected chi connectivity index (χ1v) is 6.09. The fourth-order valence-electron chi connectivity index (χ4n) is 2.80. The molecular formula is C12H20N4O2. The number of rotatable bonds is 4. The minimum atomic E-state index is -0.453. The van der Waals surface area contributed by atoms with Gasteiger partial charge in [0.1, 0.15) is 0 Å². The van der Waals surface area contributed by atoms with Crippen LogP contribution in [0.4, 0.5) is 11.6 Å². The van der Waals surface area contributed by atoms with Gasteiger partial charge < -0.3 is 15.4 Å². The van der Waals surface area contributed by atoms with Crippen LogP contribution in [0.3, 0.4) is 0 Å². The molecule has 2 rings (SSSR count). The van der Waals surface area contributed by atoms with E-state index in [1.54, 1.807) is 11.6 Å². The van der Waals surface area contributed by atoms with E-state index in [-0.39, 0.29) is 16.6 Å². The van der Waals surface area contributed by atoms with Crippen LogP contribution >= 0.6 is 0 Å². The van der Waals surface area contributed by atoms with E-state index >= 15 is 0 Å². The highest BCUT2D eigenvalue weighted by Crippen LogP contribution is 2.68. The normalized spacial score (nSPS) is 20.7. The Morgan fingerprint density at radius 3 is 2.44 bits per heavy atom. The van der Waals surface area contributed by atoms with Crippen molar-refractivity contribution in [2.24, 2.45) is 23.8 Å². The summed E-state index contributed by atoms with van der Waals surface area (Å²) in [5.74, 6) is 0.895. The molecule has 100 valence electrons. The highest BCUT2D eigenvalue weighted by Gasteiger charge is 2.64. The second kappa shape index (κ2) is 3.70. The molecule has 1 N–H and O–H groups in total. The average Bonchev–Trinajstić information content (AvgIpc) is 2.57. The van der Waals surface area contributed by atoms with Crippen molar-refractivity contribution in [3.63, 3.8) is 0 Å². The number of nitro groups is 1. The van der Waals surface area contributed by atoms with Crippen molar-refractivity contribution in [2.75, 3.05) is 11.9 Å². The number of aromatic nitrogens is 2. The molecule has 18 heavy (non-hydrogen) atoms. The summed E-state index contributed by atoms with van der Waals surface area (Å²) in [6, 6.07) is 0. The van der Waals surface area contributed by atoms with Gasteiger partial charge in [0, 0.05) is 13.6 Å². The topological polar surface area (TPSA) is 73.0 Å². The number of aryl methyl sites for hydroxylation is 1. The van der Waals surface area contributed by atoms with E-state index in [4.69, 9.17) is 0 Å². The van der Waals surface area contributed by atoms with Gasteiger partial charge in [0.15, 0.2) is 0 Å². The Morgan fingerprint density at radius 1 is 1.44 bits per heavy atom. The third-order valence-corrected chi connectivity index (χ3v) is 4.88. The molecule has 1 saturated carbocycles. The van der Waals surface area contributed by atoms with Crippen LogP contribution in [-0.2, 0) is 7.05 Å². The first kappa shape index (κ1) is 12.9. The molecule has 1 fully saturated rings. The van der Waals surface area contributed by atoms with Gasteiger partial charge in [-0.15, -0.1) is 0 Å². The summed E-state index contributed by atoms with van der Waals surface area (Å²) in [5.41, 5.74) is 0.542. The van der Waals surface area contributed by atoms with Crippen LogP contribution in [0, 0.1) is 26.9 Å². The summed E-state index contributed by atoms with van der Waals surface area (Å²) < 4.78 is 1.65. The van der Waals surface area contributed by atoms with Crippen LogP contribution < -0.4 is 5.32 Å². The highest BCUT2D eigenvalue weighted by molar-refractivity contribution is 5.52. The summed E-state index contributed by atoms with van der Waals surface area (Å²) >= 11 is 0. The molecule has 0 unspecified atom stereocenters. The van der Waals surface area contributed by atoms with Gasteiger partial charge >= 0.3 is 5.82 Å². The molecule has 6 heteroatoms. The maximum atomic E-state index is 10.8. The van der Waals surface area contributed by atoms with Crippen molar-refractivity contribution in [2.45, 2.75) is 27.7 Å². The zero-order valence-electron chi connectivity index (χ0n) is 11.5. The minimum absolute atomic E-state index is 0.103. The maximum absolute atomic E-state index is 10.8. The lowest BCUT2D eigenvalue weighted by Crippen LogP contribution is -2.11. The minimum Gasteiger partial charge on any atom is -0.364 e. The molecule has 0 amide bonds. The zero-order valence-corrected chi connectivity index (χ0v) is 11.5. The molecule has 0 spiro atoms. The summed E-state index contributed by atoms with van der Waals surface area (Å²) in [6.07, 6.45) is 1.46. The third-order valence-electron chi connectivity index (χ3n) is 4.88. The van der Waals surface area contributed by atoms with Crippen LogP contribution in [0.25, 0.3) is 0 Å². The van der Waals surface area contributed by atoms with Crippen molar-refractivity contribution in [1.82, 2.24) is 9.55 Å². The molecular weight excluding hydrogens is 232 g/mol. The highest BCUT2D eigenvalue weighted by atomic mass is 16.6. The summed E-state index contributed by atoms with van der Waals surface area (Å²) in [4.78, 5) is 14.2. The van der Waals surface area contributed by atoms with E-state index < -0.39 is 4.92 Å². The number of nitrogens with zero attached hydrogens (tertiary/aromatic N) is 3. The largest absolute Gasteiger partial charge is 0.406 e. The van der Waals surface area contributed by atoms with E-state index in [1.165, 1.54) is 6.33 Å². The Hall–Kier alpha value is -1.59. The molecule has 1 aliphatic rings. The van der Waals surface area contributed by atoms with Crippen molar-refractivity contribution < 1.29 is 4.92 Å². The molecule has 0 bridgehead atoms. The quantitative estimate of drug-likeness (QED) is 0.659. The van der Waals surface area contributed by atoms with Crippen molar-refractivity contribution in [1.29, 1.82) is 0 Å². The van der Waals surface area contributed by atoms with Gasteiger partial charge in [0.05, 0.1) is 0 Å². The predicted molar refractivity (Wildman–Crippen MR) is 69.4 cm³/mol. The van der Waals surface area contributed by atoms with Crippen LogP contribution in [-0.4, -0.2) is 21.0 Å². The first-order chi connectivity index (χ1) is 8.19. The van der Waals surface area contributed by atoms with Gasteiger partial charge in [0.2, 0.25) is 12.1 Å². The van der Waals surface area contributed by atoms with Gasteiger partial charge in [0.25, 0.3) is 0 Å². The Balaban J connectivity index is 2.09. The van der Waals surface area contributed by atoms with Crippen molar-refractivity contribution >= 4 is 11.6 Å². The molecule has 1 aliphatic carbocycles. The second-order valence-electron chi connectivity index (χ2n) is 6.16. The summed E-state index contributed by atoms with van der Waals surface area (Å²) in [5, 5.41) is 14.0. The van der Waals surface area contributed by atoms with Gasteiger partial charge in [-0.05, 0) is 26.7 Å². The van der Waals surface area contributed by atoms with Gasteiger partial charge in [-0.3, -0.25) is 4.57 Å². The average molecular weight is 252 g/mol. The van der Waals surface area contributed by atoms with Crippen molar-refractivity contribution in [3.8, 4) is 0 Å². The fourth-order valence-corrected chi connectivity index (χ4v) is 2.80. The van der Waals surface area contributed by atoms with Gasteiger partial charge in [-0.1, -0.05) is 27.7 Å². The third kappa shape index (κ3) is 1.67. The Kier molecular flexibility index (Phi) is 2.64. The first-order valence-electron chi connectivity index (χ1n) is 6.09. The number of imidazole rings is 1. The SMILES string of the molecule is Cn1cnc([N+](=O)[O-])c1NCC1C(C)(C)C1(C)C. The fraction of sp³-hybridized carbons (Fsp3) is 0.750. The van der Waals surface area contributed by atoms with Gasteiger partial charge in [-0.2, -0.15) is 0 Å². The van der Waals surface area contributed by atoms with E-state index in [0.717, 1.165) is 6.54 Å². The van der Waals surface area contributed by atoms with Crippen LogP contribution in [0.5, 0.6) is 0 Å². The number of anilines is 1. The molecule has 0 atom stereocenters. The molecule has 0 radical (unpaired) electrons. The van der Waals surface area contributed by atoms with E-state index in [9.17, 15) is 10.1 Å². The molecule has 1 aromatic rings. The number of hydrogen-bond donors (Lipinski definition) is 1.